The van der Waals surface area contributed by atoms with E-state index in [2.05, 4.69) is 4.98 Å². The fourth-order valence-electron chi connectivity index (χ4n) is 1.60. The van der Waals surface area contributed by atoms with Gasteiger partial charge in [-0.25, -0.2) is 0 Å². The van der Waals surface area contributed by atoms with E-state index in [1.165, 1.54) is 6.07 Å². The summed E-state index contributed by atoms with van der Waals surface area (Å²) in [5, 5.41) is 8.81. The van der Waals surface area contributed by atoms with Gasteiger partial charge < -0.3 is 5.11 Å². The largest absolute Gasteiger partial charge is 0.417 e. The van der Waals surface area contributed by atoms with Gasteiger partial charge in [-0.1, -0.05) is 0 Å². The molecule has 15 heavy (non-hydrogen) atoms. The van der Waals surface area contributed by atoms with Crippen LogP contribution >= 0.6 is 0 Å². The van der Waals surface area contributed by atoms with E-state index in [1.807, 2.05) is 0 Å². The summed E-state index contributed by atoms with van der Waals surface area (Å²) < 4.78 is 36.6. The second-order valence-electron chi connectivity index (χ2n) is 3.75. The minimum Gasteiger partial charge on any atom is -0.396 e. The molecule has 1 aromatic heterocycles. The maximum Gasteiger partial charge on any atom is 0.417 e. The summed E-state index contributed by atoms with van der Waals surface area (Å²) in [7, 11) is 0. The maximum atomic E-state index is 12.2. The van der Waals surface area contributed by atoms with Crippen molar-refractivity contribution in [1.82, 2.24) is 4.98 Å². The van der Waals surface area contributed by atoms with Crippen LogP contribution in [0.1, 0.15) is 23.6 Å². The molecular weight excluding hydrogens is 207 g/mol. The monoisotopic (exact) mass is 217 g/mol. The first-order valence-electron chi connectivity index (χ1n) is 4.66. The van der Waals surface area contributed by atoms with Crippen LogP contribution in [0.5, 0.6) is 0 Å². The van der Waals surface area contributed by atoms with Crippen molar-refractivity contribution in [2.45, 2.75) is 18.5 Å². The van der Waals surface area contributed by atoms with Gasteiger partial charge in [0.25, 0.3) is 0 Å². The van der Waals surface area contributed by atoms with Crippen molar-refractivity contribution in [3.05, 3.63) is 29.6 Å². The lowest BCUT2D eigenvalue weighted by molar-refractivity contribution is -0.137. The lowest BCUT2D eigenvalue weighted by Crippen LogP contribution is -2.05. The highest BCUT2D eigenvalue weighted by Crippen LogP contribution is 2.46. The van der Waals surface area contributed by atoms with Crippen LogP contribution in [0.2, 0.25) is 0 Å². The van der Waals surface area contributed by atoms with Crippen molar-refractivity contribution < 1.29 is 18.3 Å². The third-order valence-electron chi connectivity index (χ3n) is 2.65. The van der Waals surface area contributed by atoms with Crippen molar-refractivity contribution in [3.8, 4) is 0 Å². The van der Waals surface area contributed by atoms with E-state index in [-0.39, 0.29) is 18.4 Å². The molecule has 0 bridgehead atoms. The molecule has 5 heteroatoms. The van der Waals surface area contributed by atoms with Gasteiger partial charge in [-0.05, 0) is 24.5 Å². The molecule has 0 aromatic carbocycles. The Morgan fingerprint density at radius 3 is 2.53 bits per heavy atom. The zero-order chi connectivity index (χ0) is 11.1. The molecular formula is C10H10F3NO. The van der Waals surface area contributed by atoms with Gasteiger partial charge in [-0.2, -0.15) is 13.2 Å². The topological polar surface area (TPSA) is 33.1 Å². The molecule has 1 aliphatic carbocycles. The predicted molar refractivity (Wildman–Crippen MR) is 47.2 cm³/mol. The number of aliphatic hydroxyl groups is 1. The smallest absolute Gasteiger partial charge is 0.396 e. The first-order valence-corrected chi connectivity index (χ1v) is 4.66. The quantitative estimate of drug-likeness (QED) is 0.823. The van der Waals surface area contributed by atoms with E-state index in [1.54, 1.807) is 0 Å². The van der Waals surface area contributed by atoms with Crippen LogP contribution in [-0.4, -0.2) is 16.7 Å². The Hall–Kier alpha value is -1.10. The molecule has 1 heterocycles. The molecule has 0 aliphatic heterocycles. The molecule has 82 valence electrons. The predicted octanol–water partition coefficient (Wildman–Crippen LogP) is 2.20. The van der Waals surface area contributed by atoms with E-state index in [9.17, 15) is 13.2 Å². The molecule has 0 spiro atoms. The van der Waals surface area contributed by atoms with Crippen LogP contribution in [0.3, 0.4) is 0 Å². The molecule has 2 rings (SSSR count). The molecule has 0 amide bonds. The zero-order valence-electron chi connectivity index (χ0n) is 7.83. The molecule has 0 saturated heterocycles. The van der Waals surface area contributed by atoms with E-state index < -0.39 is 11.7 Å². The van der Waals surface area contributed by atoms with Crippen LogP contribution < -0.4 is 0 Å². The van der Waals surface area contributed by atoms with Crippen molar-refractivity contribution in [3.63, 3.8) is 0 Å². The van der Waals surface area contributed by atoms with Crippen molar-refractivity contribution in [2.75, 3.05) is 6.61 Å². The van der Waals surface area contributed by atoms with Crippen molar-refractivity contribution in [1.29, 1.82) is 0 Å². The SMILES string of the molecule is OCC1C[C@@H]1c1ccc(C(F)(F)F)cn1. The summed E-state index contributed by atoms with van der Waals surface area (Å²) in [6.45, 7) is 0.0768. The zero-order valence-corrected chi connectivity index (χ0v) is 7.83. The third kappa shape index (κ3) is 2.12. The Morgan fingerprint density at radius 1 is 1.40 bits per heavy atom. The summed E-state index contributed by atoms with van der Waals surface area (Å²) in [6.07, 6.45) is -2.66. The van der Waals surface area contributed by atoms with Crippen molar-refractivity contribution >= 4 is 0 Å². The van der Waals surface area contributed by atoms with Gasteiger partial charge in [0.05, 0.1) is 5.56 Å². The summed E-state index contributed by atoms with van der Waals surface area (Å²) in [6, 6.07) is 2.43. The Labute approximate surface area is 84.8 Å². The first-order chi connectivity index (χ1) is 7.02. The lowest BCUT2D eigenvalue weighted by atomic mass is 10.2. The van der Waals surface area contributed by atoms with Gasteiger partial charge in [-0.15, -0.1) is 0 Å². The Kier molecular flexibility index (Phi) is 2.42. The van der Waals surface area contributed by atoms with Gasteiger partial charge in [0.1, 0.15) is 0 Å². The highest BCUT2D eigenvalue weighted by Gasteiger charge is 2.39. The maximum absolute atomic E-state index is 12.2. The number of nitrogens with zero attached hydrogens (tertiary/aromatic N) is 1. The minimum atomic E-state index is -4.33. The minimum absolute atomic E-state index is 0.0768. The van der Waals surface area contributed by atoms with Crippen LogP contribution in [0.25, 0.3) is 0 Å². The number of pyridine rings is 1. The number of halogens is 3. The molecule has 0 radical (unpaired) electrons. The molecule has 1 aliphatic rings. The van der Waals surface area contributed by atoms with Crippen LogP contribution in [0.4, 0.5) is 13.2 Å². The molecule has 2 nitrogen and oxygen atoms in total. The fraction of sp³-hybridized carbons (Fsp3) is 0.500. The second kappa shape index (κ2) is 3.48. The third-order valence-corrected chi connectivity index (χ3v) is 2.65. The number of hydrogen-bond acceptors (Lipinski definition) is 2. The van der Waals surface area contributed by atoms with Crippen LogP contribution in [-0.2, 0) is 6.18 Å². The number of aromatic nitrogens is 1. The van der Waals surface area contributed by atoms with E-state index in [0.717, 1.165) is 18.7 Å². The normalized spacial score (nSPS) is 25.3. The Balaban J connectivity index is 2.12. The Bertz CT molecular complexity index is 347. The Morgan fingerprint density at radius 2 is 2.13 bits per heavy atom. The molecule has 1 unspecified atom stereocenters. The van der Waals surface area contributed by atoms with Crippen LogP contribution in [0.15, 0.2) is 18.3 Å². The van der Waals surface area contributed by atoms with E-state index in [4.69, 9.17) is 5.11 Å². The van der Waals surface area contributed by atoms with E-state index >= 15 is 0 Å². The molecule has 1 N–H and O–H groups in total. The average Bonchev–Trinajstić information content (AvgIpc) is 2.95. The summed E-state index contributed by atoms with van der Waals surface area (Å²) >= 11 is 0. The standard InChI is InChI=1S/C10H10F3NO/c11-10(12,13)7-1-2-9(14-4-7)8-3-6(8)5-15/h1-2,4,6,8,15H,3,5H2/t6?,8-/m0/s1. The number of rotatable bonds is 2. The van der Waals surface area contributed by atoms with Gasteiger partial charge in [0, 0.05) is 24.4 Å². The highest BCUT2D eigenvalue weighted by molar-refractivity contribution is 5.23. The number of alkyl halides is 3. The highest BCUT2D eigenvalue weighted by atomic mass is 19.4. The number of hydrogen-bond donors (Lipinski definition) is 1. The fourth-order valence-corrected chi connectivity index (χ4v) is 1.60. The van der Waals surface area contributed by atoms with Gasteiger partial charge in [-0.3, -0.25) is 4.98 Å². The summed E-state index contributed by atoms with van der Waals surface area (Å²) in [4.78, 5) is 3.77. The molecule has 1 aromatic rings. The average molecular weight is 217 g/mol. The van der Waals surface area contributed by atoms with Gasteiger partial charge >= 0.3 is 6.18 Å². The van der Waals surface area contributed by atoms with Crippen molar-refractivity contribution in [2.24, 2.45) is 5.92 Å². The second-order valence-corrected chi connectivity index (χ2v) is 3.75. The molecule has 1 fully saturated rings. The van der Waals surface area contributed by atoms with Gasteiger partial charge in [0.2, 0.25) is 0 Å². The van der Waals surface area contributed by atoms with Crippen LogP contribution in [0, 0.1) is 5.92 Å². The molecule has 2 atom stereocenters. The number of aliphatic hydroxyl groups excluding tert-OH is 1. The molecule has 1 saturated carbocycles. The van der Waals surface area contributed by atoms with E-state index in [0.29, 0.717) is 5.69 Å². The summed E-state index contributed by atoms with van der Waals surface area (Å²) in [5.74, 6) is 0.312. The lowest BCUT2D eigenvalue weighted by Gasteiger charge is -2.06. The van der Waals surface area contributed by atoms with Gasteiger partial charge in [0.15, 0.2) is 0 Å². The summed E-state index contributed by atoms with van der Waals surface area (Å²) in [5.41, 5.74) is -0.0884. The first kappa shape index (κ1) is 10.4.